The number of benzene rings is 1. The van der Waals surface area contributed by atoms with Crippen molar-refractivity contribution in [1.82, 2.24) is 0 Å². The molecule has 0 fully saturated rings. The topological polar surface area (TPSA) is 33.5 Å². The van der Waals surface area contributed by atoms with Crippen LogP contribution in [-0.2, 0) is 0 Å². The first-order chi connectivity index (χ1) is 8.08. The molecule has 0 spiro atoms. The largest absolute Gasteiger partial charge is 0.352 e. The van der Waals surface area contributed by atoms with Gasteiger partial charge in [-0.2, -0.15) is 0 Å². The number of quaternary nitrogens is 1. The number of nitrogens with one attached hydrogen (secondary N) is 2. The molecule has 0 radical (unpaired) electrons. The van der Waals surface area contributed by atoms with Gasteiger partial charge < -0.3 is 10.2 Å². The van der Waals surface area contributed by atoms with Gasteiger partial charge in [-0.25, -0.2) is 0 Å². The Balaban J connectivity index is 2.29. The molecule has 1 heterocycles. The molecule has 0 amide bonds. The second-order valence-corrected chi connectivity index (χ2v) is 4.52. The Morgan fingerprint density at radius 2 is 2.00 bits per heavy atom. The van der Waals surface area contributed by atoms with Crippen molar-refractivity contribution in [3.05, 3.63) is 53.4 Å². The van der Waals surface area contributed by atoms with Crippen molar-refractivity contribution >= 4 is 11.5 Å². The van der Waals surface area contributed by atoms with Crippen molar-refractivity contribution in [2.75, 3.05) is 19.4 Å². The van der Waals surface area contributed by atoms with Crippen LogP contribution in [0.2, 0.25) is 0 Å². The van der Waals surface area contributed by atoms with Gasteiger partial charge in [-0.05, 0) is 25.1 Å². The molecule has 1 aliphatic heterocycles. The molecule has 3 heteroatoms. The molecule has 0 aliphatic carbocycles. The van der Waals surface area contributed by atoms with Gasteiger partial charge in [-0.1, -0.05) is 12.1 Å². The maximum absolute atomic E-state index is 12.1. The molecule has 0 unspecified atom stereocenters. The van der Waals surface area contributed by atoms with Gasteiger partial charge in [0.05, 0.1) is 26.0 Å². The minimum Gasteiger partial charge on any atom is -0.352 e. The van der Waals surface area contributed by atoms with Crippen LogP contribution in [0.5, 0.6) is 0 Å². The third kappa shape index (κ3) is 2.45. The average Bonchev–Trinajstić information content (AvgIpc) is 2.55. The molecule has 88 valence electrons. The fourth-order valence-electron chi connectivity index (χ4n) is 1.96. The van der Waals surface area contributed by atoms with Gasteiger partial charge in [0.2, 0.25) is 5.78 Å². The Morgan fingerprint density at radius 3 is 2.65 bits per heavy atom. The van der Waals surface area contributed by atoms with E-state index in [1.807, 2.05) is 51.4 Å². The number of carbonyl (C=O) groups is 1. The molecule has 1 aromatic carbocycles. The Hall–Kier alpha value is -1.87. The number of hydrogen-bond donors (Lipinski definition) is 2. The predicted molar refractivity (Wildman–Crippen MR) is 69.0 cm³/mol. The lowest BCUT2D eigenvalue weighted by Crippen LogP contribution is -3.00. The molecule has 0 saturated carbocycles. The molecule has 0 bridgehead atoms. The molecule has 1 aliphatic rings. The highest BCUT2D eigenvalue weighted by atomic mass is 16.1. The molecule has 0 aromatic heterocycles. The fourth-order valence-corrected chi connectivity index (χ4v) is 1.96. The van der Waals surface area contributed by atoms with Gasteiger partial charge in [0.1, 0.15) is 0 Å². The van der Waals surface area contributed by atoms with Crippen molar-refractivity contribution < 1.29 is 9.69 Å². The van der Waals surface area contributed by atoms with Crippen LogP contribution in [0.1, 0.15) is 17.3 Å². The summed E-state index contributed by atoms with van der Waals surface area (Å²) in [7, 11) is 4.08. The fraction of sp³-hybridized carbons (Fsp3) is 0.214. The molecule has 2 N–H and O–H groups in total. The highest BCUT2D eigenvalue weighted by molar-refractivity contribution is 6.18. The van der Waals surface area contributed by atoms with Gasteiger partial charge in [-0.3, -0.25) is 4.79 Å². The summed E-state index contributed by atoms with van der Waals surface area (Å²) in [4.78, 5) is 13.3. The van der Waals surface area contributed by atoms with E-state index in [-0.39, 0.29) is 5.78 Å². The highest BCUT2D eigenvalue weighted by Gasteiger charge is 2.23. The zero-order valence-electron chi connectivity index (χ0n) is 10.4. The number of allylic oxidation sites excluding steroid dienone is 3. The van der Waals surface area contributed by atoms with Gasteiger partial charge >= 0.3 is 0 Å². The van der Waals surface area contributed by atoms with Crippen LogP contribution < -0.4 is 10.2 Å². The van der Waals surface area contributed by atoms with E-state index in [1.54, 1.807) is 0 Å². The molecular weight excluding hydrogens is 212 g/mol. The molecule has 1 aromatic rings. The normalized spacial score (nSPS) is 17.5. The van der Waals surface area contributed by atoms with E-state index in [9.17, 15) is 4.79 Å². The second-order valence-electron chi connectivity index (χ2n) is 4.52. The SMILES string of the molecule is CC(=C[NH+](C)C)/C=C1\Nc2ccccc2C1=O. The lowest BCUT2D eigenvalue weighted by molar-refractivity contribution is -0.801. The van der Waals surface area contributed by atoms with Crippen molar-refractivity contribution in [3.8, 4) is 0 Å². The van der Waals surface area contributed by atoms with Gasteiger partial charge in [-0.15, -0.1) is 0 Å². The number of ketones is 1. The summed E-state index contributed by atoms with van der Waals surface area (Å²) in [6.45, 7) is 2.00. The van der Waals surface area contributed by atoms with E-state index in [0.29, 0.717) is 5.70 Å². The number of rotatable bonds is 2. The number of Topliss-reactive ketones (excluding diaryl/α,β-unsaturated/α-hetero) is 1. The summed E-state index contributed by atoms with van der Waals surface area (Å²) in [6, 6.07) is 7.58. The summed E-state index contributed by atoms with van der Waals surface area (Å²) in [5.41, 5.74) is 3.38. The molecule has 2 rings (SSSR count). The molecule has 0 saturated heterocycles. The first-order valence-electron chi connectivity index (χ1n) is 5.69. The van der Waals surface area contributed by atoms with Crippen LogP contribution >= 0.6 is 0 Å². The Labute approximate surface area is 101 Å². The molecule has 3 nitrogen and oxygen atoms in total. The first kappa shape index (κ1) is 11.6. The van der Waals surface area contributed by atoms with Crippen LogP contribution in [0.15, 0.2) is 47.8 Å². The summed E-state index contributed by atoms with van der Waals surface area (Å²) in [5, 5.41) is 3.15. The third-order valence-corrected chi connectivity index (χ3v) is 2.57. The highest BCUT2D eigenvalue weighted by Crippen LogP contribution is 2.27. The Kier molecular flexibility index (Phi) is 3.11. The molecule has 17 heavy (non-hydrogen) atoms. The summed E-state index contributed by atoms with van der Waals surface area (Å²) in [6.07, 6.45) is 3.96. The Morgan fingerprint density at radius 1 is 1.29 bits per heavy atom. The van der Waals surface area contributed by atoms with Crippen molar-refractivity contribution in [3.63, 3.8) is 0 Å². The number of para-hydroxylation sites is 1. The molecular formula is C14H17N2O+. The monoisotopic (exact) mass is 229 g/mol. The lowest BCUT2D eigenvalue weighted by Gasteiger charge is -2.01. The van der Waals surface area contributed by atoms with Crippen molar-refractivity contribution in [2.24, 2.45) is 0 Å². The first-order valence-corrected chi connectivity index (χ1v) is 5.69. The summed E-state index contributed by atoms with van der Waals surface area (Å²) < 4.78 is 0. The van der Waals surface area contributed by atoms with E-state index < -0.39 is 0 Å². The van der Waals surface area contributed by atoms with Crippen LogP contribution in [0.25, 0.3) is 0 Å². The van der Waals surface area contributed by atoms with Gasteiger partial charge in [0.15, 0.2) is 0 Å². The van der Waals surface area contributed by atoms with E-state index in [4.69, 9.17) is 0 Å². The van der Waals surface area contributed by atoms with Gasteiger partial charge in [0.25, 0.3) is 0 Å². The average molecular weight is 229 g/mol. The Bertz CT molecular complexity index is 513. The minimum atomic E-state index is 0.0714. The van der Waals surface area contributed by atoms with Crippen LogP contribution in [-0.4, -0.2) is 19.9 Å². The van der Waals surface area contributed by atoms with E-state index in [0.717, 1.165) is 16.8 Å². The van der Waals surface area contributed by atoms with Crippen LogP contribution in [0, 0.1) is 0 Å². The zero-order chi connectivity index (χ0) is 12.4. The number of anilines is 1. The standard InChI is InChI=1S/C14H16N2O/c1-10(9-16(2)3)8-13-14(17)11-6-4-5-7-12(11)15-13/h4-9,15H,1-3H3/p+1/b10-9?,13-8-. The minimum absolute atomic E-state index is 0.0714. The number of hydrogen-bond acceptors (Lipinski definition) is 2. The quantitative estimate of drug-likeness (QED) is 0.748. The maximum atomic E-state index is 12.1. The van der Waals surface area contributed by atoms with Crippen molar-refractivity contribution in [2.45, 2.75) is 6.92 Å². The lowest BCUT2D eigenvalue weighted by atomic mass is 10.1. The van der Waals surface area contributed by atoms with E-state index in [1.165, 1.54) is 4.90 Å². The number of fused-ring (bicyclic) bond motifs is 1. The molecule has 0 atom stereocenters. The smallest absolute Gasteiger partial charge is 0.211 e. The van der Waals surface area contributed by atoms with Crippen LogP contribution in [0.4, 0.5) is 5.69 Å². The van der Waals surface area contributed by atoms with E-state index >= 15 is 0 Å². The summed E-state index contributed by atoms with van der Waals surface area (Å²) in [5.74, 6) is 0.0714. The second kappa shape index (κ2) is 4.55. The third-order valence-electron chi connectivity index (χ3n) is 2.57. The number of carbonyl (C=O) groups excluding carboxylic acids is 1. The van der Waals surface area contributed by atoms with Crippen molar-refractivity contribution in [1.29, 1.82) is 0 Å². The predicted octanol–water partition coefficient (Wildman–Crippen LogP) is 1.23. The van der Waals surface area contributed by atoms with Gasteiger partial charge in [0, 0.05) is 16.8 Å². The van der Waals surface area contributed by atoms with E-state index in [2.05, 4.69) is 11.5 Å². The van der Waals surface area contributed by atoms with Crippen LogP contribution in [0.3, 0.4) is 0 Å². The maximum Gasteiger partial charge on any atom is 0.211 e. The zero-order valence-corrected chi connectivity index (χ0v) is 10.4. The summed E-state index contributed by atoms with van der Waals surface area (Å²) >= 11 is 0.